The summed E-state index contributed by atoms with van der Waals surface area (Å²) < 4.78 is 0. The predicted octanol–water partition coefficient (Wildman–Crippen LogP) is 2.34. The van der Waals surface area contributed by atoms with E-state index < -0.39 is 0 Å². The lowest BCUT2D eigenvalue weighted by atomic mass is 10.2. The van der Waals surface area contributed by atoms with Crippen LogP contribution in [0.4, 0.5) is 0 Å². The lowest BCUT2D eigenvalue weighted by Gasteiger charge is -2.14. The molecule has 1 atom stereocenters. The minimum Gasteiger partial charge on any atom is -0.346 e. The highest BCUT2D eigenvalue weighted by Gasteiger charge is 2.31. The summed E-state index contributed by atoms with van der Waals surface area (Å²) in [5, 5.41) is 7.70. The van der Waals surface area contributed by atoms with Crippen LogP contribution in [0.15, 0.2) is 22.9 Å². The zero-order chi connectivity index (χ0) is 13.2. The van der Waals surface area contributed by atoms with Crippen LogP contribution in [0.1, 0.15) is 23.3 Å². The molecule has 1 amide bonds. The molecule has 2 aromatic rings. The normalized spacial score (nSPS) is 16.3. The van der Waals surface area contributed by atoms with Crippen molar-refractivity contribution in [3.8, 4) is 9.88 Å². The van der Waals surface area contributed by atoms with Gasteiger partial charge >= 0.3 is 0 Å². The van der Waals surface area contributed by atoms with Gasteiger partial charge in [0.05, 0.1) is 4.88 Å². The predicted molar refractivity (Wildman–Crippen MR) is 78.5 cm³/mol. The molecule has 2 heterocycles. The van der Waals surface area contributed by atoms with Crippen LogP contribution in [0.2, 0.25) is 0 Å². The van der Waals surface area contributed by atoms with Gasteiger partial charge in [0.1, 0.15) is 10.7 Å². The Labute approximate surface area is 119 Å². The van der Waals surface area contributed by atoms with E-state index in [0.29, 0.717) is 18.2 Å². The number of carbonyl (C=O) groups excluding carboxylic acids is 1. The second-order valence-electron chi connectivity index (χ2n) is 4.67. The minimum atomic E-state index is -0.110. The molecule has 0 radical (unpaired) electrons. The molecule has 6 heteroatoms. The molecule has 100 valence electrons. The van der Waals surface area contributed by atoms with Gasteiger partial charge in [0, 0.05) is 18.0 Å². The standard InChI is InChI=1S/C13H15N3OS2/c14-6-9(8-3-4-8)15-12(17)10-7-19-13(16-10)11-2-1-5-18-11/h1-2,5,7-9H,3-4,6,14H2,(H,15,17). The van der Waals surface area contributed by atoms with Gasteiger partial charge < -0.3 is 11.1 Å². The van der Waals surface area contributed by atoms with Crippen LogP contribution in [0.25, 0.3) is 9.88 Å². The number of amides is 1. The van der Waals surface area contributed by atoms with Crippen molar-refractivity contribution in [1.82, 2.24) is 10.3 Å². The molecule has 1 aliphatic carbocycles. The van der Waals surface area contributed by atoms with Crippen molar-refractivity contribution >= 4 is 28.6 Å². The molecule has 0 bridgehead atoms. The number of nitrogens with two attached hydrogens (primary N) is 1. The van der Waals surface area contributed by atoms with Crippen LogP contribution in [0, 0.1) is 5.92 Å². The Bertz CT molecular complexity index is 560. The number of nitrogens with zero attached hydrogens (tertiary/aromatic N) is 1. The third-order valence-electron chi connectivity index (χ3n) is 3.23. The summed E-state index contributed by atoms with van der Waals surface area (Å²) >= 11 is 3.13. The van der Waals surface area contributed by atoms with E-state index in [2.05, 4.69) is 10.3 Å². The molecular weight excluding hydrogens is 278 g/mol. The summed E-state index contributed by atoms with van der Waals surface area (Å²) in [6, 6.07) is 4.09. The number of thiophene rings is 1. The van der Waals surface area contributed by atoms with E-state index in [1.807, 2.05) is 22.9 Å². The van der Waals surface area contributed by atoms with E-state index in [9.17, 15) is 4.79 Å². The molecule has 0 saturated heterocycles. The largest absolute Gasteiger partial charge is 0.346 e. The Kier molecular flexibility index (Phi) is 3.63. The minimum absolute atomic E-state index is 0.0967. The number of rotatable bonds is 5. The topological polar surface area (TPSA) is 68.0 Å². The average Bonchev–Trinajstić information content (AvgIpc) is 2.95. The maximum absolute atomic E-state index is 12.1. The van der Waals surface area contributed by atoms with Gasteiger partial charge in [-0.3, -0.25) is 4.79 Å². The van der Waals surface area contributed by atoms with Crippen LogP contribution in [-0.4, -0.2) is 23.5 Å². The van der Waals surface area contributed by atoms with Crippen LogP contribution in [0.5, 0.6) is 0 Å². The first-order chi connectivity index (χ1) is 9.28. The Hall–Kier alpha value is -1.24. The van der Waals surface area contributed by atoms with E-state index in [1.54, 1.807) is 11.3 Å². The van der Waals surface area contributed by atoms with Crippen LogP contribution in [0.3, 0.4) is 0 Å². The zero-order valence-corrected chi connectivity index (χ0v) is 12.0. The number of carbonyl (C=O) groups is 1. The fourth-order valence-corrected chi connectivity index (χ4v) is 3.62. The van der Waals surface area contributed by atoms with Gasteiger partial charge in [0.2, 0.25) is 0 Å². The highest BCUT2D eigenvalue weighted by Crippen LogP contribution is 2.32. The summed E-state index contributed by atoms with van der Waals surface area (Å²) in [6.45, 7) is 0.498. The highest BCUT2D eigenvalue weighted by atomic mass is 32.1. The monoisotopic (exact) mass is 293 g/mol. The van der Waals surface area contributed by atoms with E-state index in [1.165, 1.54) is 24.2 Å². The summed E-state index contributed by atoms with van der Waals surface area (Å²) in [7, 11) is 0. The average molecular weight is 293 g/mol. The lowest BCUT2D eigenvalue weighted by molar-refractivity contribution is 0.0929. The van der Waals surface area contributed by atoms with Crippen molar-refractivity contribution in [2.75, 3.05) is 6.54 Å². The molecule has 0 spiro atoms. The quantitative estimate of drug-likeness (QED) is 0.889. The second-order valence-corrected chi connectivity index (χ2v) is 6.47. The molecule has 3 N–H and O–H groups in total. The number of nitrogens with one attached hydrogen (secondary N) is 1. The SMILES string of the molecule is NCC(NC(=O)c1csc(-c2cccs2)n1)C1CC1. The van der Waals surface area contributed by atoms with Gasteiger partial charge in [0.25, 0.3) is 5.91 Å². The first kappa shape index (κ1) is 12.8. The smallest absolute Gasteiger partial charge is 0.271 e. The molecule has 1 fully saturated rings. The number of hydrogen-bond acceptors (Lipinski definition) is 5. The van der Waals surface area contributed by atoms with Crippen LogP contribution < -0.4 is 11.1 Å². The molecule has 1 aliphatic rings. The Morgan fingerprint density at radius 3 is 3.00 bits per heavy atom. The lowest BCUT2D eigenvalue weighted by Crippen LogP contribution is -2.41. The van der Waals surface area contributed by atoms with Crippen molar-refractivity contribution in [2.24, 2.45) is 11.7 Å². The highest BCUT2D eigenvalue weighted by molar-refractivity contribution is 7.20. The van der Waals surface area contributed by atoms with Crippen molar-refractivity contribution in [2.45, 2.75) is 18.9 Å². The molecule has 3 rings (SSSR count). The van der Waals surface area contributed by atoms with Crippen LogP contribution in [-0.2, 0) is 0 Å². The Balaban J connectivity index is 1.70. The van der Waals surface area contributed by atoms with E-state index in [4.69, 9.17) is 5.73 Å². The summed E-state index contributed by atoms with van der Waals surface area (Å²) in [6.07, 6.45) is 2.33. The molecule has 1 unspecified atom stereocenters. The van der Waals surface area contributed by atoms with Crippen molar-refractivity contribution in [3.63, 3.8) is 0 Å². The van der Waals surface area contributed by atoms with Gasteiger partial charge in [0.15, 0.2) is 0 Å². The molecule has 4 nitrogen and oxygen atoms in total. The molecule has 2 aromatic heterocycles. The summed E-state index contributed by atoms with van der Waals surface area (Å²) in [5.41, 5.74) is 6.18. The molecule has 19 heavy (non-hydrogen) atoms. The van der Waals surface area contributed by atoms with E-state index in [-0.39, 0.29) is 11.9 Å². The maximum Gasteiger partial charge on any atom is 0.271 e. The van der Waals surface area contributed by atoms with Gasteiger partial charge in [-0.05, 0) is 30.2 Å². The van der Waals surface area contributed by atoms with Crippen molar-refractivity contribution in [1.29, 1.82) is 0 Å². The van der Waals surface area contributed by atoms with E-state index >= 15 is 0 Å². The Morgan fingerprint density at radius 1 is 1.53 bits per heavy atom. The molecule has 0 aliphatic heterocycles. The molecule has 1 saturated carbocycles. The fraction of sp³-hybridized carbons (Fsp3) is 0.385. The van der Waals surface area contributed by atoms with Crippen molar-refractivity contribution in [3.05, 3.63) is 28.6 Å². The molecule has 0 aromatic carbocycles. The fourth-order valence-electron chi connectivity index (χ4n) is 2.00. The van der Waals surface area contributed by atoms with Gasteiger partial charge in [-0.15, -0.1) is 22.7 Å². The summed E-state index contributed by atoms with van der Waals surface area (Å²) in [4.78, 5) is 17.6. The second kappa shape index (κ2) is 5.40. The third-order valence-corrected chi connectivity index (χ3v) is 5.11. The number of aromatic nitrogens is 1. The number of thiazole rings is 1. The van der Waals surface area contributed by atoms with Gasteiger partial charge in [-0.1, -0.05) is 6.07 Å². The Morgan fingerprint density at radius 2 is 2.37 bits per heavy atom. The van der Waals surface area contributed by atoms with Gasteiger partial charge in [-0.25, -0.2) is 4.98 Å². The summed E-state index contributed by atoms with van der Waals surface area (Å²) in [5.74, 6) is 0.450. The third kappa shape index (κ3) is 2.86. The molecular formula is C13H15N3OS2. The first-order valence-electron chi connectivity index (χ1n) is 6.28. The van der Waals surface area contributed by atoms with Gasteiger partial charge in [-0.2, -0.15) is 0 Å². The first-order valence-corrected chi connectivity index (χ1v) is 8.04. The maximum atomic E-state index is 12.1. The zero-order valence-electron chi connectivity index (χ0n) is 10.3. The van der Waals surface area contributed by atoms with Crippen LogP contribution >= 0.6 is 22.7 Å². The van der Waals surface area contributed by atoms with Crippen molar-refractivity contribution < 1.29 is 4.79 Å². The van der Waals surface area contributed by atoms with E-state index in [0.717, 1.165) is 9.88 Å². The number of hydrogen-bond donors (Lipinski definition) is 2.